The van der Waals surface area contributed by atoms with Crippen molar-refractivity contribution in [2.24, 2.45) is 0 Å². The van der Waals surface area contributed by atoms with E-state index < -0.39 is 0 Å². The van der Waals surface area contributed by atoms with E-state index in [1.165, 1.54) is 27.5 Å². The highest BCUT2D eigenvalue weighted by Crippen LogP contribution is 2.41. The predicted octanol–water partition coefficient (Wildman–Crippen LogP) is 11.7. The third-order valence-corrected chi connectivity index (χ3v) is 8.57. The number of hydrogen-bond donors (Lipinski definition) is 0. The first-order valence-corrected chi connectivity index (χ1v) is 16.5. The first kappa shape index (κ1) is 30.0. The molecule has 3 heteroatoms. The van der Waals surface area contributed by atoms with Gasteiger partial charge < -0.3 is 0 Å². The number of benzene rings is 5. The molecule has 2 aromatic heterocycles. The monoisotopic (exact) mass is 607 g/mol. The molecule has 0 aliphatic heterocycles. The van der Waals surface area contributed by atoms with E-state index in [2.05, 4.69) is 127 Å². The van der Waals surface area contributed by atoms with Crippen LogP contribution in [0.2, 0.25) is 0 Å². The van der Waals surface area contributed by atoms with Crippen LogP contribution in [0.3, 0.4) is 0 Å². The van der Waals surface area contributed by atoms with Crippen molar-refractivity contribution < 1.29 is 0 Å². The smallest absolute Gasteiger partial charge is 0.160 e. The number of aryl methyl sites for hydroxylation is 2. The molecule has 0 spiro atoms. The van der Waals surface area contributed by atoms with Crippen molar-refractivity contribution in [1.82, 2.24) is 15.0 Å². The Morgan fingerprint density at radius 2 is 1.15 bits per heavy atom. The summed E-state index contributed by atoms with van der Waals surface area (Å²) >= 11 is 0. The number of hydrogen-bond acceptors (Lipinski definition) is 3. The van der Waals surface area contributed by atoms with Crippen molar-refractivity contribution in [3.63, 3.8) is 0 Å². The molecule has 0 bridgehead atoms. The lowest BCUT2D eigenvalue weighted by atomic mass is 9.84. The molecule has 0 unspecified atom stereocenters. The minimum absolute atomic E-state index is 0.690. The second-order valence-electron chi connectivity index (χ2n) is 11.6. The van der Waals surface area contributed by atoms with Crippen LogP contribution in [0.25, 0.3) is 73.1 Å². The van der Waals surface area contributed by atoms with Gasteiger partial charge >= 0.3 is 0 Å². The highest BCUT2D eigenvalue weighted by molar-refractivity contribution is 6.03. The maximum Gasteiger partial charge on any atom is 0.160 e. The first-order chi connectivity index (χ1) is 23.2. The van der Waals surface area contributed by atoms with Gasteiger partial charge in [-0.1, -0.05) is 123 Å². The molecule has 228 valence electrons. The van der Waals surface area contributed by atoms with Gasteiger partial charge in [0.05, 0.1) is 17.1 Å². The number of rotatable bonds is 5. The fraction of sp³-hybridized carbons (Fsp3) is 0.114. The lowest BCUT2D eigenvalue weighted by Crippen LogP contribution is -2.00. The molecule has 5 aromatic carbocycles. The van der Waals surface area contributed by atoms with Gasteiger partial charge in [-0.2, -0.15) is 0 Å². The Hall–Kier alpha value is -5.67. The number of pyridine rings is 1. The van der Waals surface area contributed by atoms with Crippen molar-refractivity contribution in [3.05, 3.63) is 156 Å². The van der Waals surface area contributed by atoms with E-state index in [0.717, 1.165) is 63.4 Å². The lowest BCUT2D eigenvalue weighted by molar-refractivity contribution is 0.989. The molecule has 47 heavy (non-hydrogen) atoms. The molecule has 3 nitrogen and oxygen atoms in total. The SMILES string of the molecule is CC.Cc1cccc(-c2cc(-c3nc(-c4ccccc4)cc(-c4ccccc4)n3)cc(-c3c4c(cc5ccccc35)CCC=C4)c2)n1. The van der Waals surface area contributed by atoms with Crippen molar-refractivity contribution in [2.45, 2.75) is 33.6 Å². The van der Waals surface area contributed by atoms with E-state index in [0.29, 0.717) is 5.82 Å². The zero-order valence-electron chi connectivity index (χ0n) is 27.1. The normalized spacial score (nSPS) is 11.9. The summed E-state index contributed by atoms with van der Waals surface area (Å²) in [6, 6.07) is 46.8. The summed E-state index contributed by atoms with van der Waals surface area (Å²) in [5, 5.41) is 2.50. The Morgan fingerprint density at radius 3 is 1.85 bits per heavy atom. The van der Waals surface area contributed by atoms with E-state index in [1.54, 1.807) is 0 Å². The molecule has 0 saturated carbocycles. The second-order valence-corrected chi connectivity index (χ2v) is 11.6. The minimum Gasteiger partial charge on any atom is -0.253 e. The average Bonchev–Trinajstić information content (AvgIpc) is 3.15. The van der Waals surface area contributed by atoms with Crippen molar-refractivity contribution >= 4 is 16.8 Å². The highest BCUT2D eigenvalue weighted by atomic mass is 14.9. The molecule has 1 aliphatic rings. The van der Waals surface area contributed by atoms with E-state index in [-0.39, 0.29) is 0 Å². The van der Waals surface area contributed by atoms with Crippen molar-refractivity contribution in [1.29, 1.82) is 0 Å². The van der Waals surface area contributed by atoms with Gasteiger partial charge in [-0.25, -0.2) is 9.97 Å². The molecular weight excluding hydrogens is 571 g/mol. The first-order valence-electron chi connectivity index (χ1n) is 16.5. The van der Waals surface area contributed by atoms with Gasteiger partial charge in [-0.05, 0) is 89.2 Å². The van der Waals surface area contributed by atoms with E-state index in [4.69, 9.17) is 15.0 Å². The largest absolute Gasteiger partial charge is 0.253 e. The van der Waals surface area contributed by atoms with Crippen molar-refractivity contribution in [3.8, 4) is 56.3 Å². The molecular formula is C44H37N3. The maximum atomic E-state index is 5.19. The van der Waals surface area contributed by atoms with Crippen LogP contribution < -0.4 is 0 Å². The van der Waals surface area contributed by atoms with E-state index >= 15 is 0 Å². The van der Waals surface area contributed by atoms with Gasteiger partial charge in [0.1, 0.15) is 0 Å². The molecule has 0 atom stereocenters. The molecule has 0 N–H and O–H groups in total. The minimum atomic E-state index is 0.690. The third kappa shape index (κ3) is 6.13. The summed E-state index contributed by atoms with van der Waals surface area (Å²) in [5.74, 6) is 0.690. The van der Waals surface area contributed by atoms with Gasteiger partial charge in [-0.15, -0.1) is 0 Å². The Balaban J connectivity index is 0.00000172. The van der Waals surface area contributed by atoms with E-state index in [1.807, 2.05) is 39.0 Å². The standard InChI is InChI=1S/C42H31N3.C2H6/c1-28-13-12-22-38(43-28)33-24-34(41-36-20-10-8-18-31(36)23-32-19-9-11-21-37(32)41)26-35(25-33)42-44-39(29-14-4-2-5-15-29)27-40(45-42)30-16-6-3-7-17-30;1-2/h2-8,10-18,20-27H,9,19H2,1H3;1-2H3. The Labute approximate surface area is 277 Å². The quantitative estimate of drug-likeness (QED) is 0.195. The summed E-state index contributed by atoms with van der Waals surface area (Å²) in [6.45, 7) is 6.04. The van der Waals surface area contributed by atoms with Crippen LogP contribution in [-0.2, 0) is 6.42 Å². The number of aromatic nitrogens is 3. The molecule has 0 saturated heterocycles. The van der Waals surface area contributed by atoms with Crippen LogP contribution in [0, 0.1) is 6.92 Å². The lowest BCUT2D eigenvalue weighted by Gasteiger charge is -2.20. The van der Waals surface area contributed by atoms with Crippen LogP contribution in [0.4, 0.5) is 0 Å². The Morgan fingerprint density at radius 1 is 0.511 bits per heavy atom. The predicted molar refractivity (Wildman–Crippen MR) is 198 cm³/mol. The van der Waals surface area contributed by atoms with Crippen LogP contribution in [0.15, 0.2) is 140 Å². The molecule has 0 radical (unpaired) electrons. The maximum absolute atomic E-state index is 5.19. The summed E-state index contributed by atoms with van der Waals surface area (Å²) in [4.78, 5) is 15.3. The summed E-state index contributed by atoms with van der Waals surface area (Å²) < 4.78 is 0. The van der Waals surface area contributed by atoms with Gasteiger partial charge in [-0.3, -0.25) is 4.98 Å². The highest BCUT2D eigenvalue weighted by Gasteiger charge is 2.19. The fourth-order valence-electron chi connectivity index (χ4n) is 6.41. The molecule has 2 heterocycles. The molecule has 1 aliphatic carbocycles. The Kier molecular flexibility index (Phi) is 8.53. The fourth-order valence-corrected chi connectivity index (χ4v) is 6.41. The second kappa shape index (κ2) is 13.4. The van der Waals surface area contributed by atoms with Crippen LogP contribution in [-0.4, -0.2) is 15.0 Å². The number of fused-ring (bicyclic) bond motifs is 2. The van der Waals surface area contributed by atoms with Gasteiger partial charge in [0.2, 0.25) is 0 Å². The number of allylic oxidation sites excluding steroid dienone is 1. The van der Waals surface area contributed by atoms with E-state index in [9.17, 15) is 0 Å². The van der Waals surface area contributed by atoms with Crippen molar-refractivity contribution in [2.75, 3.05) is 0 Å². The molecule has 0 fully saturated rings. The topological polar surface area (TPSA) is 38.7 Å². The molecule has 0 amide bonds. The summed E-state index contributed by atoms with van der Waals surface area (Å²) in [7, 11) is 0. The Bertz CT molecular complexity index is 2160. The average molecular weight is 608 g/mol. The summed E-state index contributed by atoms with van der Waals surface area (Å²) in [6.07, 6.45) is 6.70. The van der Waals surface area contributed by atoms with Gasteiger partial charge in [0.25, 0.3) is 0 Å². The summed E-state index contributed by atoms with van der Waals surface area (Å²) in [5.41, 5.74) is 12.9. The van der Waals surface area contributed by atoms with Crippen LogP contribution in [0.1, 0.15) is 37.1 Å². The van der Waals surface area contributed by atoms with Crippen LogP contribution in [0.5, 0.6) is 0 Å². The third-order valence-electron chi connectivity index (χ3n) is 8.57. The zero-order chi connectivity index (χ0) is 32.2. The van der Waals surface area contributed by atoms with Crippen LogP contribution >= 0.6 is 0 Å². The zero-order valence-corrected chi connectivity index (χ0v) is 27.1. The van der Waals surface area contributed by atoms with Gasteiger partial charge in [0, 0.05) is 27.9 Å². The number of nitrogens with zero attached hydrogens (tertiary/aromatic N) is 3. The van der Waals surface area contributed by atoms with Gasteiger partial charge in [0.15, 0.2) is 5.82 Å². The molecule has 7 aromatic rings. The molecule has 8 rings (SSSR count).